The second kappa shape index (κ2) is 13.0. The molecule has 0 N–H and O–H groups in total. The van der Waals surface area contributed by atoms with Crippen molar-refractivity contribution in [1.82, 2.24) is 10.1 Å². The second-order valence-electron chi connectivity index (χ2n) is 15.6. The van der Waals surface area contributed by atoms with Crippen molar-refractivity contribution in [3.8, 4) is 11.4 Å². The molecule has 2 fully saturated rings. The summed E-state index contributed by atoms with van der Waals surface area (Å²) in [6, 6.07) is 25.3. The number of rotatable bonds is 12. The smallest absolute Gasteiger partial charge is 0.230 e. The maximum Gasteiger partial charge on any atom is 0.230 e. The molecule has 3 aromatic carbocycles. The molecule has 1 saturated heterocycles. The van der Waals surface area contributed by atoms with E-state index >= 15 is 0 Å². The van der Waals surface area contributed by atoms with E-state index in [1.807, 2.05) is 0 Å². The van der Waals surface area contributed by atoms with Crippen LogP contribution >= 0.6 is 0 Å². The molecule has 0 unspecified atom stereocenters. The zero-order valence-electron chi connectivity index (χ0n) is 29.2. The fourth-order valence-electron chi connectivity index (χ4n) is 7.02. The minimum Gasteiger partial charge on any atom is -0.378 e. The Bertz CT molecular complexity index is 1620. The van der Waals surface area contributed by atoms with Gasteiger partial charge in [0, 0.05) is 30.3 Å². The third kappa shape index (κ3) is 7.25. The number of benzene rings is 3. The lowest BCUT2D eigenvalue weighted by Gasteiger charge is -2.36. The normalized spacial score (nSPS) is 16.2. The highest BCUT2D eigenvalue weighted by Gasteiger charge is 2.32. The lowest BCUT2D eigenvalue weighted by Crippen LogP contribution is -2.36. The van der Waals surface area contributed by atoms with E-state index in [9.17, 15) is 0 Å². The first kappa shape index (κ1) is 32.5. The third-order valence-electron chi connectivity index (χ3n) is 10.6. The maximum absolute atomic E-state index is 5.68. The summed E-state index contributed by atoms with van der Waals surface area (Å²) in [6.45, 7) is 20.2. The minimum absolute atomic E-state index is 0.0127. The summed E-state index contributed by atoms with van der Waals surface area (Å²) in [5.74, 6) is 1.96. The van der Waals surface area contributed by atoms with Crippen LogP contribution in [0.4, 0.5) is 5.69 Å². The van der Waals surface area contributed by atoms with Crippen LogP contribution in [0.5, 0.6) is 0 Å². The molecule has 0 atom stereocenters. The van der Waals surface area contributed by atoms with Crippen molar-refractivity contribution in [1.29, 1.82) is 0 Å². The van der Waals surface area contributed by atoms with Gasteiger partial charge in [0.05, 0.1) is 13.2 Å². The van der Waals surface area contributed by atoms with Crippen LogP contribution in [0.25, 0.3) is 11.4 Å². The van der Waals surface area contributed by atoms with Gasteiger partial charge in [-0.2, -0.15) is 4.98 Å². The molecule has 46 heavy (non-hydrogen) atoms. The van der Waals surface area contributed by atoms with Crippen LogP contribution in [0.3, 0.4) is 0 Å². The number of hydrogen-bond acceptors (Lipinski definition) is 5. The van der Waals surface area contributed by atoms with E-state index in [4.69, 9.17) is 9.26 Å². The molecule has 1 aliphatic carbocycles. The number of hydrogen-bond donors (Lipinski definition) is 0. The highest BCUT2D eigenvalue weighted by molar-refractivity contribution is 5.56. The first-order chi connectivity index (χ1) is 21.9. The standard InChI is InChI=1S/C41H53N3O2/c1-8-29-10-9-11-34(26-29)41(6,7)28-32-27-35(44-22-24-45-25-23-44)18-19-36(32)40(4,5)21-20-39(2,3)33-16-14-30(15-17-33)37-42-38(46-43-37)31-12-13-31/h9-11,14-19,26-27,31H,8,12-13,20-25,28H2,1-7H3. The molecule has 5 nitrogen and oxygen atoms in total. The van der Waals surface area contributed by atoms with Gasteiger partial charge in [-0.1, -0.05) is 108 Å². The Labute approximate surface area is 276 Å². The van der Waals surface area contributed by atoms with Crippen LogP contribution in [0.15, 0.2) is 71.3 Å². The van der Waals surface area contributed by atoms with Gasteiger partial charge >= 0.3 is 0 Å². The van der Waals surface area contributed by atoms with Crippen molar-refractivity contribution in [2.24, 2.45) is 0 Å². The molecule has 6 rings (SSSR count). The summed E-state index contributed by atoms with van der Waals surface area (Å²) >= 11 is 0. The van der Waals surface area contributed by atoms with E-state index in [0.29, 0.717) is 11.7 Å². The molecule has 0 radical (unpaired) electrons. The van der Waals surface area contributed by atoms with E-state index in [-0.39, 0.29) is 16.2 Å². The van der Waals surface area contributed by atoms with Crippen LogP contribution in [0.2, 0.25) is 0 Å². The predicted octanol–water partition coefficient (Wildman–Crippen LogP) is 9.57. The molecule has 0 amide bonds. The largest absolute Gasteiger partial charge is 0.378 e. The Morgan fingerprint density at radius 1 is 0.783 bits per heavy atom. The average Bonchev–Trinajstić information content (AvgIpc) is 3.80. The number of aryl methyl sites for hydroxylation is 1. The number of anilines is 1. The van der Waals surface area contributed by atoms with Crippen molar-refractivity contribution >= 4 is 5.69 Å². The fraction of sp³-hybridized carbons (Fsp3) is 0.512. The topological polar surface area (TPSA) is 51.4 Å². The number of aromatic nitrogens is 2. The van der Waals surface area contributed by atoms with Gasteiger partial charge < -0.3 is 14.2 Å². The Balaban J connectivity index is 1.23. The molecule has 5 heteroatoms. The molecule has 2 aliphatic rings. The Kier molecular flexibility index (Phi) is 9.17. The summed E-state index contributed by atoms with van der Waals surface area (Å²) in [4.78, 5) is 7.14. The number of morpholine rings is 1. The van der Waals surface area contributed by atoms with Crippen molar-refractivity contribution in [2.45, 2.75) is 109 Å². The zero-order chi connectivity index (χ0) is 32.5. The Morgan fingerprint density at radius 2 is 1.50 bits per heavy atom. The van der Waals surface area contributed by atoms with Crippen molar-refractivity contribution in [2.75, 3.05) is 31.2 Å². The van der Waals surface area contributed by atoms with Crippen LogP contribution in [-0.2, 0) is 33.8 Å². The van der Waals surface area contributed by atoms with Gasteiger partial charge in [0.15, 0.2) is 0 Å². The number of nitrogens with zero attached hydrogens (tertiary/aromatic N) is 3. The lowest BCUT2D eigenvalue weighted by atomic mass is 9.69. The first-order valence-corrected chi connectivity index (χ1v) is 17.5. The van der Waals surface area contributed by atoms with Crippen LogP contribution in [0, 0.1) is 0 Å². The second-order valence-corrected chi connectivity index (χ2v) is 15.6. The highest BCUT2D eigenvalue weighted by Crippen LogP contribution is 2.42. The molecule has 1 saturated carbocycles. The monoisotopic (exact) mass is 619 g/mol. The predicted molar refractivity (Wildman–Crippen MR) is 189 cm³/mol. The molecular weight excluding hydrogens is 566 g/mol. The number of ether oxygens (including phenoxy) is 1. The third-order valence-corrected chi connectivity index (χ3v) is 10.6. The van der Waals surface area contributed by atoms with Gasteiger partial charge in [-0.15, -0.1) is 0 Å². The molecule has 0 bridgehead atoms. The molecule has 1 aliphatic heterocycles. The zero-order valence-corrected chi connectivity index (χ0v) is 29.2. The average molecular weight is 620 g/mol. The molecule has 244 valence electrons. The Morgan fingerprint density at radius 3 is 2.20 bits per heavy atom. The lowest BCUT2D eigenvalue weighted by molar-refractivity contribution is 0.122. The summed E-state index contributed by atoms with van der Waals surface area (Å²) in [6.07, 6.45) is 6.56. The van der Waals surface area contributed by atoms with Gasteiger partial charge in [-0.3, -0.25) is 0 Å². The highest BCUT2D eigenvalue weighted by atomic mass is 16.5. The Hall–Kier alpha value is -3.44. The van der Waals surface area contributed by atoms with Crippen molar-refractivity contribution in [3.05, 3.63) is 100 Å². The molecule has 4 aromatic rings. The quantitative estimate of drug-likeness (QED) is 0.158. The van der Waals surface area contributed by atoms with E-state index in [0.717, 1.165) is 76.3 Å². The maximum atomic E-state index is 5.68. The van der Waals surface area contributed by atoms with E-state index in [1.54, 1.807) is 0 Å². The summed E-state index contributed by atoms with van der Waals surface area (Å²) in [7, 11) is 0. The first-order valence-electron chi connectivity index (χ1n) is 17.5. The van der Waals surface area contributed by atoms with Gasteiger partial charge in [0.2, 0.25) is 11.7 Å². The molecule has 1 aromatic heterocycles. The van der Waals surface area contributed by atoms with Crippen LogP contribution < -0.4 is 4.90 Å². The van der Waals surface area contributed by atoms with E-state index in [2.05, 4.69) is 130 Å². The van der Waals surface area contributed by atoms with Crippen LogP contribution in [0.1, 0.15) is 114 Å². The van der Waals surface area contributed by atoms with Gasteiger partial charge in [-0.25, -0.2) is 0 Å². The van der Waals surface area contributed by atoms with E-state index < -0.39 is 0 Å². The molecule has 2 heterocycles. The van der Waals surface area contributed by atoms with Gasteiger partial charge in [-0.05, 0) is 94.7 Å². The minimum atomic E-state index is 0.0127. The summed E-state index contributed by atoms with van der Waals surface area (Å²) in [5.41, 5.74) is 9.51. The van der Waals surface area contributed by atoms with Gasteiger partial charge in [0.25, 0.3) is 0 Å². The van der Waals surface area contributed by atoms with E-state index in [1.165, 1.54) is 33.5 Å². The summed E-state index contributed by atoms with van der Waals surface area (Å²) < 4.78 is 11.2. The SMILES string of the molecule is CCc1cccc(C(C)(C)Cc2cc(N3CCOCC3)ccc2C(C)(C)CCC(C)(C)c2ccc(-c3noc(C4CC4)n3)cc2)c1. The van der Waals surface area contributed by atoms with Gasteiger partial charge in [0.1, 0.15) is 0 Å². The van der Waals surface area contributed by atoms with Crippen molar-refractivity contribution in [3.63, 3.8) is 0 Å². The van der Waals surface area contributed by atoms with Crippen molar-refractivity contribution < 1.29 is 9.26 Å². The van der Waals surface area contributed by atoms with Crippen LogP contribution in [-0.4, -0.2) is 36.4 Å². The fourth-order valence-corrected chi connectivity index (χ4v) is 7.02. The summed E-state index contributed by atoms with van der Waals surface area (Å²) in [5, 5.41) is 4.24. The molecular formula is C41H53N3O2. The molecule has 0 spiro atoms.